The normalized spacial score (nSPS) is 11.0. The van der Waals surface area contributed by atoms with Gasteiger partial charge in [-0.15, -0.1) is 0 Å². The highest BCUT2D eigenvalue weighted by Crippen LogP contribution is 2.25. The summed E-state index contributed by atoms with van der Waals surface area (Å²) in [4.78, 5) is 12.1. The second-order valence-electron chi connectivity index (χ2n) is 7.16. The predicted octanol–water partition coefficient (Wildman–Crippen LogP) is 4.25. The number of amides is 1. The fourth-order valence-electron chi connectivity index (χ4n) is 3.27. The number of nitrogens with zero attached hydrogens (tertiary/aromatic N) is 2. The topological polar surface area (TPSA) is 64.8 Å². The van der Waals surface area contributed by atoms with Gasteiger partial charge in [0.15, 0.2) is 18.1 Å². The van der Waals surface area contributed by atoms with Crippen molar-refractivity contribution in [2.24, 2.45) is 5.10 Å². The summed E-state index contributed by atoms with van der Waals surface area (Å²) >= 11 is 0. The van der Waals surface area contributed by atoms with Gasteiger partial charge in [-0.05, 0) is 69.2 Å². The third kappa shape index (κ3) is 4.71. The molecule has 3 aromatic rings. The maximum absolute atomic E-state index is 12.1. The molecule has 2 aromatic carbocycles. The molecule has 6 nitrogen and oxygen atoms in total. The molecule has 1 amide bonds. The van der Waals surface area contributed by atoms with Crippen molar-refractivity contribution in [3.05, 3.63) is 76.6 Å². The van der Waals surface area contributed by atoms with E-state index in [4.69, 9.17) is 9.47 Å². The van der Waals surface area contributed by atoms with Crippen molar-refractivity contribution < 1.29 is 14.3 Å². The van der Waals surface area contributed by atoms with Crippen LogP contribution in [0.4, 0.5) is 0 Å². The van der Waals surface area contributed by atoms with Crippen molar-refractivity contribution in [2.75, 3.05) is 13.7 Å². The number of benzene rings is 2. The minimum atomic E-state index is -0.347. The Morgan fingerprint density at radius 2 is 1.77 bits per heavy atom. The van der Waals surface area contributed by atoms with E-state index in [1.165, 1.54) is 11.1 Å². The molecular formula is C24H27N3O3. The van der Waals surface area contributed by atoms with Crippen LogP contribution < -0.4 is 14.9 Å². The lowest BCUT2D eigenvalue weighted by Crippen LogP contribution is -2.24. The van der Waals surface area contributed by atoms with Gasteiger partial charge in [-0.2, -0.15) is 5.10 Å². The van der Waals surface area contributed by atoms with Crippen molar-refractivity contribution in [3.63, 3.8) is 0 Å². The van der Waals surface area contributed by atoms with Crippen LogP contribution in [-0.4, -0.2) is 30.4 Å². The average molecular weight is 405 g/mol. The Labute approximate surface area is 177 Å². The fourth-order valence-corrected chi connectivity index (χ4v) is 3.27. The van der Waals surface area contributed by atoms with E-state index in [0.29, 0.717) is 11.5 Å². The number of carbonyl (C=O) groups is 1. The Kier molecular flexibility index (Phi) is 6.57. The fraction of sp³-hybridized carbons (Fsp3) is 0.250. The van der Waals surface area contributed by atoms with Crippen molar-refractivity contribution in [1.82, 2.24) is 9.99 Å². The summed E-state index contributed by atoms with van der Waals surface area (Å²) in [5, 5.41) is 4.09. The number of hydrogen-bond acceptors (Lipinski definition) is 4. The third-order valence-corrected chi connectivity index (χ3v) is 5.04. The van der Waals surface area contributed by atoms with E-state index in [0.717, 1.165) is 22.6 Å². The van der Waals surface area contributed by atoms with Crippen LogP contribution in [0.3, 0.4) is 0 Å². The summed E-state index contributed by atoms with van der Waals surface area (Å²) in [5.41, 5.74) is 9.23. The summed E-state index contributed by atoms with van der Waals surface area (Å²) in [6.07, 6.45) is 1.65. The van der Waals surface area contributed by atoms with E-state index in [-0.39, 0.29) is 12.5 Å². The smallest absolute Gasteiger partial charge is 0.277 e. The SMILES string of the molecule is COc1ccccc1OCC(=O)N/N=C\c1cc(C)n(-c2ccc(C)c(C)c2)c1C. The van der Waals surface area contributed by atoms with Crippen LogP contribution in [0.5, 0.6) is 11.5 Å². The first kappa shape index (κ1) is 21.2. The van der Waals surface area contributed by atoms with Crippen LogP contribution in [0.15, 0.2) is 53.6 Å². The lowest BCUT2D eigenvalue weighted by Gasteiger charge is -2.11. The first-order valence-corrected chi connectivity index (χ1v) is 9.75. The van der Waals surface area contributed by atoms with E-state index in [1.54, 1.807) is 25.5 Å². The number of carbonyl (C=O) groups excluding carboxylic acids is 1. The summed E-state index contributed by atoms with van der Waals surface area (Å²) in [6, 6.07) is 15.6. The largest absolute Gasteiger partial charge is 0.493 e. The van der Waals surface area contributed by atoms with Crippen LogP contribution >= 0.6 is 0 Å². The molecule has 0 unspecified atom stereocenters. The molecule has 1 aromatic heterocycles. The molecule has 0 aliphatic heterocycles. The summed E-state index contributed by atoms with van der Waals surface area (Å²) in [6.45, 7) is 8.15. The second kappa shape index (κ2) is 9.31. The molecule has 0 bridgehead atoms. The summed E-state index contributed by atoms with van der Waals surface area (Å²) in [5.74, 6) is 0.740. The molecule has 1 heterocycles. The number of methoxy groups -OCH3 is 1. The lowest BCUT2D eigenvalue weighted by molar-refractivity contribution is -0.123. The van der Waals surface area contributed by atoms with E-state index in [1.807, 2.05) is 25.1 Å². The molecule has 0 saturated heterocycles. The van der Waals surface area contributed by atoms with Gasteiger partial charge >= 0.3 is 0 Å². The van der Waals surface area contributed by atoms with Gasteiger partial charge in [-0.1, -0.05) is 18.2 Å². The molecule has 156 valence electrons. The number of aryl methyl sites for hydroxylation is 3. The van der Waals surface area contributed by atoms with Crippen molar-refractivity contribution in [2.45, 2.75) is 27.7 Å². The molecular weight excluding hydrogens is 378 g/mol. The van der Waals surface area contributed by atoms with E-state index in [9.17, 15) is 4.79 Å². The monoisotopic (exact) mass is 405 g/mol. The number of nitrogens with one attached hydrogen (secondary N) is 1. The standard InChI is InChI=1S/C24H27N3O3/c1-16-10-11-21(12-17(16)2)27-18(3)13-20(19(27)4)14-25-26-24(28)15-30-23-9-7-6-8-22(23)29-5/h6-14H,15H2,1-5H3,(H,26,28)/b25-14-. The summed E-state index contributed by atoms with van der Waals surface area (Å²) < 4.78 is 12.9. The number of aromatic nitrogens is 1. The molecule has 0 saturated carbocycles. The van der Waals surface area contributed by atoms with Gasteiger partial charge in [0.2, 0.25) is 0 Å². The minimum Gasteiger partial charge on any atom is -0.493 e. The molecule has 0 aliphatic carbocycles. The van der Waals surface area contributed by atoms with Crippen molar-refractivity contribution in [1.29, 1.82) is 0 Å². The van der Waals surface area contributed by atoms with Gasteiger partial charge < -0.3 is 14.0 Å². The van der Waals surface area contributed by atoms with Gasteiger partial charge in [0.25, 0.3) is 5.91 Å². The van der Waals surface area contributed by atoms with Crippen LogP contribution in [-0.2, 0) is 4.79 Å². The molecule has 6 heteroatoms. The Morgan fingerprint density at radius 3 is 2.47 bits per heavy atom. The van der Waals surface area contributed by atoms with Crippen LogP contribution in [0, 0.1) is 27.7 Å². The molecule has 0 spiro atoms. The Bertz CT molecular complexity index is 1080. The van der Waals surface area contributed by atoms with Crippen LogP contribution in [0.1, 0.15) is 28.1 Å². The van der Waals surface area contributed by atoms with E-state index in [2.05, 4.69) is 54.1 Å². The molecule has 1 N–H and O–H groups in total. The number of ether oxygens (including phenoxy) is 2. The van der Waals surface area contributed by atoms with Crippen LogP contribution in [0.2, 0.25) is 0 Å². The Hall–Kier alpha value is -3.54. The maximum Gasteiger partial charge on any atom is 0.277 e. The lowest BCUT2D eigenvalue weighted by atomic mass is 10.1. The zero-order valence-corrected chi connectivity index (χ0v) is 18.0. The van der Waals surface area contributed by atoms with Gasteiger partial charge in [0, 0.05) is 22.6 Å². The first-order valence-electron chi connectivity index (χ1n) is 9.75. The highest BCUT2D eigenvalue weighted by atomic mass is 16.5. The number of para-hydroxylation sites is 2. The Morgan fingerprint density at radius 1 is 1.03 bits per heavy atom. The first-order chi connectivity index (χ1) is 14.4. The zero-order chi connectivity index (χ0) is 21.7. The Balaban J connectivity index is 1.65. The maximum atomic E-state index is 12.1. The molecule has 30 heavy (non-hydrogen) atoms. The van der Waals surface area contributed by atoms with Gasteiger partial charge in [-0.3, -0.25) is 4.79 Å². The second-order valence-corrected chi connectivity index (χ2v) is 7.16. The number of hydrogen-bond donors (Lipinski definition) is 1. The molecule has 3 rings (SSSR count). The van der Waals surface area contributed by atoms with Crippen molar-refractivity contribution >= 4 is 12.1 Å². The average Bonchev–Trinajstić information content (AvgIpc) is 3.02. The molecule has 0 fully saturated rings. The van der Waals surface area contributed by atoms with Gasteiger partial charge in [0.05, 0.1) is 13.3 Å². The molecule has 0 atom stereocenters. The summed E-state index contributed by atoms with van der Waals surface area (Å²) in [7, 11) is 1.56. The van der Waals surface area contributed by atoms with Gasteiger partial charge in [0.1, 0.15) is 0 Å². The van der Waals surface area contributed by atoms with Crippen molar-refractivity contribution in [3.8, 4) is 17.2 Å². The number of hydrazone groups is 1. The minimum absolute atomic E-state index is 0.153. The number of rotatable bonds is 7. The van der Waals surface area contributed by atoms with Gasteiger partial charge in [-0.25, -0.2) is 5.43 Å². The highest BCUT2D eigenvalue weighted by Gasteiger charge is 2.10. The zero-order valence-electron chi connectivity index (χ0n) is 18.0. The van der Waals surface area contributed by atoms with E-state index >= 15 is 0 Å². The predicted molar refractivity (Wildman–Crippen MR) is 119 cm³/mol. The van der Waals surface area contributed by atoms with E-state index < -0.39 is 0 Å². The van der Waals surface area contributed by atoms with Crippen LogP contribution in [0.25, 0.3) is 5.69 Å². The quantitative estimate of drug-likeness (QED) is 0.472. The third-order valence-electron chi connectivity index (χ3n) is 5.04. The molecule has 0 radical (unpaired) electrons. The highest BCUT2D eigenvalue weighted by molar-refractivity contribution is 5.84. The molecule has 0 aliphatic rings.